The Hall–Kier alpha value is -0.430. The molecule has 0 amide bonds. The van der Waals surface area contributed by atoms with E-state index in [4.69, 9.17) is 5.11 Å². The molecule has 0 atom stereocenters. The molecule has 0 fully saturated rings. The molecule has 72 valence electrons. The zero-order valence-corrected chi connectivity index (χ0v) is 9.03. The van der Waals surface area contributed by atoms with Crippen LogP contribution in [0, 0.1) is 15.2 Å². The molecule has 1 aromatic rings. The average molecular weight is 320 g/mol. The van der Waals surface area contributed by atoms with Gasteiger partial charge < -0.3 is 5.11 Å². The van der Waals surface area contributed by atoms with E-state index in [9.17, 15) is 13.6 Å². The van der Waals surface area contributed by atoms with Gasteiger partial charge in [-0.05, 0) is 28.7 Å². The number of benzene rings is 1. The third-order valence-electron chi connectivity index (χ3n) is 1.24. The van der Waals surface area contributed by atoms with Crippen molar-refractivity contribution in [2.45, 2.75) is 0 Å². The molecule has 0 spiro atoms. The van der Waals surface area contributed by atoms with Crippen LogP contribution in [0.25, 0.3) is 0 Å². The predicted molar refractivity (Wildman–Crippen MR) is 53.3 cm³/mol. The maximum atomic E-state index is 12.7. The van der Waals surface area contributed by atoms with Gasteiger partial charge >= 0.3 is 5.97 Å². The summed E-state index contributed by atoms with van der Waals surface area (Å²) in [5.41, 5.74) is -0.513. The fourth-order valence-corrected chi connectivity index (χ4v) is 1.15. The first kappa shape index (κ1) is 12.6. The van der Waals surface area contributed by atoms with E-state index in [1.165, 1.54) is 0 Å². The van der Waals surface area contributed by atoms with Gasteiger partial charge in [0.15, 0.2) is 0 Å². The molecular weight excluding hydrogens is 316 g/mol. The van der Waals surface area contributed by atoms with Crippen LogP contribution in [0.5, 0.6) is 0 Å². The number of carboxylic acid groups (broad SMARTS) is 1. The number of halogens is 4. The summed E-state index contributed by atoms with van der Waals surface area (Å²) in [6, 6.07) is 1.51. The normalized spacial score (nSPS) is 9.15. The van der Waals surface area contributed by atoms with Gasteiger partial charge in [0, 0.05) is 9.64 Å². The first-order chi connectivity index (χ1) is 5.52. The summed E-state index contributed by atoms with van der Waals surface area (Å²) in [6.45, 7) is 0. The van der Waals surface area contributed by atoms with E-state index in [-0.39, 0.29) is 16.0 Å². The molecule has 6 heteroatoms. The lowest BCUT2D eigenvalue weighted by atomic mass is 10.2. The van der Waals surface area contributed by atoms with Crippen molar-refractivity contribution in [2.75, 3.05) is 0 Å². The molecule has 1 aromatic carbocycles. The Bertz CT molecular complexity index is 344. The lowest BCUT2D eigenvalue weighted by Gasteiger charge is -1.98. The number of hydrogen-bond donors (Lipinski definition) is 1. The maximum Gasteiger partial charge on any atom is 0.338 e. The summed E-state index contributed by atoms with van der Waals surface area (Å²) in [7, 11) is 0. The molecule has 0 aliphatic carbocycles. The summed E-state index contributed by atoms with van der Waals surface area (Å²) in [5, 5.41) is 8.42. The second-order valence-electron chi connectivity index (χ2n) is 2.05. The van der Waals surface area contributed by atoms with Crippen LogP contribution < -0.4 is 0 Å². The molecule has 13 heavy (non-hydrogen) atoms. The van der Waals surface area contributed by atoms with Gasteiger partial charge in [-0.3, -0.25) is 0 Å². The number of aromatic carboxylic acids is 1. The van der Waals surface area contributed by atoms with Gasteiger partial charge in [-0.2, -0.15) is 0 Å². The highest BCUT2D eigenvalue weighted by Crippen LogP contribution is 2.16. The Morgan fingerprint density at radius 1 is 1.31 bits per heavy atom. The highest BCUT2D eigenvalue weighted by Gasteiger charge is 2.13. The quantitative estimate of drug-likeness (QED) is 0.638. The van der Waals surface area contributed by atoms with E-state index in [2.05, 4.69) is 0 Å². The highest BCUT2D eigenvalue weighted by molar-refractivity contribution is 14.1. The molecular formula is C7H4ClF2IO2. The second-order valence-corrected chi connectivity index (χ2v) is 3.21. The highest BCUT2D eigenvalue weighted by atomic mass is 127. The number of carboxylic acids is 1. The summed E-state index contributed by atoms with van der Waals surface area (Å²) < 4.78 is 25.3. The fourth-order valence-electron chi connectivity index (χ4n) is 0.686. The summed E-state index contributed by atoms with van der Waals surface area (Å²) in [6.07, 6.45) is 0. The van der Waals surface area contributed by atoms with Crippen LogP contribution in [0.3, 0.4) is 0 Å². The zero-order valence-electron chi connectivity index (χ0n) is 6.05. The van der Waals surface area contributed by atoms with Crippen molar-refractivity contribution < 1.29 is 18.7 Å². The third-order valence-corrected chi connectivity index (χ3v) is 2.07. The smallest absolute Gasteiger partial charge is 0.338 e. The molecule has 0 aromatic heterocycles. The number of rotatable bonds is 1. The van der Waals surface area contributed by atoms with Crippen molar-refractivity contribution in [2.24, 2.45) is 0 Å². The third kappa shape index (κ3) is 2.77. The van der Waals surface area contributed by atoms with Crippen LogP contribution in [-0.2, 0) is 0 Å². The van der Waals surface area contributed by atoms with Crippen LogP contribution in [0.4, 0.5) is 8.78 Å². The molecule has 0 saturated heterocycles. The summed E-state index contributed by atoms with van der Waals surface area (Å²) in [4.78, 5) is 10.3. The van der Waals surface area contributed by atoms with Gasteiger partial charge in [0.1, 0.15) is 11.6 Å². The Morgan fingerprint density at radius 3 is 2.31 bits per heavy atom. The van der Waals surface area contributed by atoms with Crippen molar-refractivity contribution in [1.29, 1.82) is 0 Å². The largest absolute Gasteiger partial charge is 0.478 e. The molecule has 0 radical (unpaired) electrons. The minimum absolute atomic E-state index is 0. The second kappa shape index (κ2) is 4.71. The number of hydrogen-bond acceptors (Lipinski definition) is 1. The molecule has 0 bridgehead atoms. The van der Waals surface area contributed by atoms with Gasteiger partial charge in [0.05, 0.1) is 5.56 Å². The summed E-state index contributed by atoms with van der Waals surface area (Å²) in [5.74, 6) is -3.20. The molecule has 0 heterocycles. The fraction of sp³-hybridized carbons (Fsp3) is 0. The van der Waals surface area contributed by atoms with Gasteiger partial charge in [0.25, 0.3) is 0 Å². The van der Waals surface area contributed by atoms with Crippen molar-refractivity contribution in [3.63, 3.8) is 0 Å². The van der Waals surface area contributed by atoms with Gasteiger partial charge in [-0.1, -0.05) is 0 Å². The minimum atomic E-state index is -1.40. The monoisotopic (exact) mass is 320 g/mol. The number of carbonyl (C=O) groups is 1. The Morgan fingerprint density at radius 2 is 1.85 bits per heavy atom. The van der Waals surface area contributed by atoms with Crippen molar-refractivity contribution in [3.05, 3.63) is 32.9 Å². The Labute approximate surface area is 92.5 Å². The standard InChI is InChI=1S/C7H3F2IO2.ClH/c8-4-2-5(9)6(10)1-3(4)7(11)12;/h1-2H,(H,11,12);1H. The molecule has 0 aliphatic heterocycles. The molecule has 0 unspecified atom stereocenters. The van der Waals surface area contributed by atoms with Crippen LogP contribution in [-0.4, -0.2) is 11.1 Å². The molecule has 0 aliphatic rings. The average Bonchev–Trinajstić information content (AvgIpc) is 1.96. The van der Waals surface area contributed by atoms with E-state index >= 15 is 0 Å². The zero-order chi connectivity index (χ0) is 9.30. The van der Waals surface area contributed by atoms with Gasteiger partial charge in [0.2, 0.25) is 0 Å². The topological polar surface area (TPSA) is 37.3 Å². The van der Waals surface area contributed by atoms with Gasteiger partial charge in [-0.15, -0.1) is 12.4 Å². The molecule has 2 nitrogen and oxygen atoms in total. The molecule has 0 saturated carbocycles. The Balaban J connectivity index is 0.00000144. The predicted octanol–water partition coefficient (Wildman–Crippen LogP) is 2.69. The van der Waals surface area contributed by atoms with Crippen LogP contribution in [0.15, 0.2) is 12.1 Å². The van der Waals surface area contributed by atoms with Crippen LogP contribution in [0.1, 0.15) is 10.4 Å². The molecule has 1 N–H and O–H groups in total. The molecule has 1 rings (SSSR count). The SMILES string of the molecule is Cl.O=C(O)c1cc(I)c(F)cc1F. The van der Waals surface area contributed by atoms with E-state index in [0.29, 0.717) is 6.07 Å². The first-order valence-corrected chi connectivity index (χ1v) is 3.98. The van der Waals surface area contributed by atoms with Crippen LogP contribution >= 0.6 is 35.0 Å². The van der Waals surface area contributed by atoms with E-state index in [1.54, 1.807) is 22.6 Å². The first-order valence-electron chi connectivity index (χ1n) is 2.90. The van der Waals surface area contributed by atoms with Crippen LogP contribution in [0.2, 0.25) is 0 Å². The lowest BCUT2D eigenvalue weighted by Crippen LogP contribution is -2.02. The van der Waals surface area contributed by atoms with Gasteiger partial charge in [-0.25, -0.2) is 13.6 Å². The van der Waals surface area contributed by atoms with Crippen molar-refractivity contribution >= 4 is 41.0 Å². The maximum absolute atomic E-state index is 12.7. The van der Waals surface area contributed by atoms with Crippen molar-refractivity contribution in [1.82, 2.24) is 0 Å². The van der Waals surface area contributed by atoms with Crippen molar-refractivity contribution in [3.8, 4) is 0 Å². The lowest BCUT2D eigenvalue weighted by molar-refractivity contribution is 0.0691. The Kier molecular flexibility index (Phi) is 4.55. The van der Waals surface area contributed by atoms with E-state index in [1.807, 2.05) is 0 Å². The van der Waals surface area contributed by atoms with E-state index in [0.717, 1.165) is 6.07 Å². The minimum Gasteiger partial charge on any atom is -0.478 e. The van der Waals surface area contributed by atoms with E-state index < -0.39 is 23.2 Å². The summed E-state index contributed by atoms with van der Waals surface area (Å²) >= 11 is 1.59.